The van der Waals surface area contributed by atoms with Crippen LogP contribution in [0.4, 0.5) is 0 Å². The summed E-state index contributed by atoms with van der Waals surface area (Å²) in [7, 11) is 3.33. The molecule has 0 saturated carbocycles. The number of ether oxygens (including phenoxy) is 1. The Morgan fingerprint density at radius 2 is 2.21 bits per heavy atom. The smallest absolute Gasteiger partial charge is 0.262 e. The number of rotatable bonds is 7. The van der Waals surface area contributed by atoms with E-state index in [1.54, 1.807) is 18.8 Å². The highest BCUT2D eigenvalue weighted by molar-refractivity contribution is 5.72. The first kappa shape index (κ1) is 16.3. The number of nitrogens with zero attached hydrogens (tertiary/aromatic N) is 6. The Morgan fingerprint density at radius 3 is 2.96 bits per heavy atom. The molecule has 0 saturated heterocycles. The highest BCUT2D eigenvalue weighted by atomic mass is 16.5. The van der Waals surface area contributed by atoms with Crippen LogP contribution >= 0.6 is 0 Å². The number of aromatic nitrogens is 6. The van der Waals surface area contributed by atoms with Crippen molar-refractivity contribution in [3.05, 3.63) is 34.1 Å². The number of methoxy groups -OCH3 is 1. The standard InChI is InChI=1S/C14H19N7O3/c1-4-21(7-12-16-11(8-23-3)19-24-12)6-10-17-13-9(14(22)18-10)5-15-20(13)2/h5H,4,6-8H2,1-3H3,(H,17,18,22). The Labute approximate surface area is 137 Å². The number of fused-ring (bicyclic) bond motifs is 1. The number of aryl methyl sites for hydroxylation is 1. The molecule has 0 fully saturated rings. The van der Waals surface area contributed by atoms with Gasteiger partial charge in [-0.15, -0.1) is 0 Å². The van der Waals surface area contributed by atoms with Crippen LogP contribution in [0.25, 0.3) is 11.0 Å². The first-order chi connectivity index (χ1) is 11.6. The Kier molecular flexibility index (Phi) is 4.67. The number of hydrogen-bond acceptors (Lipinski definition) is 8. The fraction of sp³-hybridized carbons (Fsp3) is 0.500. The molecule has 3 rings (SSSR count). The van der Waals surface area contributed by atoms with Crippen molar-refractivity contribution >= 4 is 11.0 Å². The van der Waals surface area contributed by atoms with E-state index in [2.05, 4.69) is 25.2 Å². The molecule has 128 valence electrons. The molecule has 0 aromatic carbocycles. The molecular formula is C14H19N7O3. The van der Waals surface area contributed by atoms with Gasteiger partial charge in [0, 0.05) is 14.2 Å². The van der Waals surface area contributed by atoms with Crippen LogP contribution in [0.5, 0.6) is 0 Å². The lowest BCUT2D eigenvalue weighted by Gasteiger charge is -2.17. The maximum atomic E-state index is 12.1. The van der Waals surface area contributed by atoms with Crippen molar-refractivity contribution in [2.24, 2.45) is 7.05 Å². The van der Waals surface area contributed by atoms with Crippen LogP contribution in [-0.4, -0.2) is 48.4 Å². The van der Waals surface area contributed by atoms with E-state index >= 15 is 0 Å². The highest BCUT2D eigenvalue weighted by Crippen LogP contribution is 2.09. The van der Waals surface area contributed by atoms with Crippen LogP contribution in [0.2, 0.25) is 0 Å². The van der Waals surface area contributed by atoms with E-state index in [0.29, 0.717) is 48.3 Å². The first-order valence-corrected chi connectivity index (χ1v) is 7.54. The van der Waals surface area contributed by atoms with Crippen LogP contribution in [0.3, 0.4) is 0 Å². The van der Waals surface area contributed by atoms with Gasteiger partial charge in [-0.05, 0) is 6.54 Å². The first-order valence-electron chi connectivity index (χ1n) is 7.54. The van der Waals surface area contributed by atoms with Gasteiger partial charge in [-0.1, -0.05) is 12.1 Å². The van der Waals surface area contributed by atoms with Gasteiger partial charge in [-0.2, -0.15) is 10.1 Å². The zero-order valence-corrected chi connectivity index (χ0v) is 13.8. The minimum atomic E-state index is -0.195. The van der Waals surface area contributed by atoms with Gasteiger partial charge >= 0.3 is 0 Å². The van der Waals surface area contributed by atoms with Crippen molar-refractivity contribution < 1.29 is 9.26 Å². The predicted molar refractivity (Wildman–Crippen MR) is 83.9 cm³/mol. The van der Waals surface area contributed by atoms with Crippen LogP contribution in [-0.2, 0) is 31.5 Å². The average molecular weight is 333 g/mol. The van der Waals surface area contributed by atoms with Crippen molar-refractivity contribution in [3.63, 3.8) is 0 Å². The van der Waals surface area contributed by atoms with E-state index in [1.165, 1.54) is 6.20 Å². The average Bonchev–Trinajstić information content (AvgIpc) is 3.15. The van der Waals surface area contributed by atoms with E-state index in [4.69, 9.17) is 9.26 Å². The second kappa shape index (κ2) is 6.89. The molecule has 1 N–H and O–H groups in total. The van der Waals surface area contributed by atoms with Crippen molar-refractivity contribution in [3.8, 4) is 0 Å². The molecule has 0 amide bonds. The van der Waals surface area contributed by atoms with Gasteiger partial charge in [0.1, 0.15) is 17.8 Å². The maximum absolute atomic E-state index is 12.1. The summed E-state index contributed by atoms with van der Waals surface area (Å²) in [5.41, 5.74) is 0.365. The van der Waals surface area contributed by atoms with Gasteiger partial charge in [-0.25, -0.2) is 4.98 Å². The summed E-state index contributed by atoms with van der Waals surface area (Å²) in [6.07, 6.45) is 1.51. The molecule has 3 aromatic heterocycles. The normalized spacial score (nSPS) is 11.7. The summed E-state index contributed by atoms with van der Waals surface area (Å²) in [5, 5.41) is 8.37. The third-order valence-electron chi connectivity index (χ3n) is 3.61. The fourth-order valence-electron chi connectivity index (χ4n) is 2.38. The Bertz CT molecular complexity index is 882. The van der Waals surface area contributed by atoms with Crippen molar-refractivity contribution in [2.75, 3.05) is 13.7 Å². The van der Waals surface area contributed by atoms with Gasteiger partial charge < -0.3 is 14.2 Å². The van der Waals surface area contributed by atoms with Gasteiger partial charge in [0.05, 0.1) is 19.3 Å². The lowest BCUT2D eigenvalue weighted by molar-refractivity contribution is 0.174. The second-order valence-corrected chi connectivity index (χ2v) is 5.36. The molecule has 0 aliphatic heterocycles. The van der Waals surface area contributed by atoms with Crippen LogP contribution < -0.4 is 5.56 Å². The van der Waals surface area contributed by atoms with Gasteiger partial charge in [-0.3, -0.25) is 14.4 Å². The van der Waals surface area contributed by atoms with E-state index in [0.717, 1.165) is 6.54 Å². The third kappa shape index (κ3) is 3.34. The monoisotopic (exact) mass is 333 g/mol. The quantitative estimate of drug-likeness (QED) is 0.652. The summed E-state index contributed by atoms with van der Waals surface area (Å²) >= 11 is 0. The minimum absolute atomic E-state index is 0.195. The second-order valence-electron chi connectivity index (χ2n) is 5.36. The number of H-pyrrole nitrogens is 1. The lowest BCUT2D eigenvalue weighted by Crippen LogP contribution is -2.25. The van der Waals surface area contributed by atoms with Gasteiger partial charge in [0.15, 0.2) is 11.5 Å². The molecule has 0 aliphatic rings. The SMILES string of the molecule is CCN(Cc1nc2c(cnn2C)c(=O)[nH]1)Cc1nc(COC)no1. The molecule has 3 heterocycles. The van der Waals surface area contributed by atoms with E-state index in [9.17, 15) is 4.79 Å². The van der Waals surface area contributed by atoms with Crippen molar-refractivity contribution in [1.82, 2.24) is 34.8 Å². The van der Waals surface area contributed by atoms with E-state index < -0.39 is 0 Å². The number of aromatic amines is 1. The molecule has 0 spiro atoms. The highest BCUT2D eigenvalue weighted by Gasteiger charge is 2.14. The Morgan fingerprint density at radius 1 is 1.38 bits per heavy atom. The molecule has 0 bridgehead atoms. The summed E-state index contributed by atoms with van der Waals surface area (Å²) < 4.78 is 11.8. The zero-order valence-electron chi connectivity index (χ0n) is 13.8. The molecule has 3 aromatic rings. The third-order valence-corrected chi connectivity index (χ3v) is 3.61. The Balaban J connectivity index is 1.77. The Hall–Kier alpha value is -2.59. The van der Waals surface area contributed by atoms with Crippen LogP contribution in [0.1, 0.15) is 24.5 Å². The van der Waals surface area contributed by atoms with Crippen LogP contribution in [0.15, 0.2) is 15.5 Å². The molecule has 0 aliphatic carbocycles. The molecule has 0 unspecified atom stereocenters. The van der Waals surface area contributed by atoms with Crippen molar-refractivity contribution in [2.45, 2.75) is 26.6 Å². The molecule has 10 nitrogen and oxygen atoms in total. The lowest BCUT2D eigenvalue weighted by atomic mass is 10.4. The summed E-state index contributed by atoms with van der Waals surface area (Å²) in [5.74, 6) is 1.56. The number of hydrogen-bond donors (Lipinski definition) is 1. The summed E-state index contributed by atoms with van der Waals surface area (Å²) in [6.45, 7) is 3.96. The molecular weight excluding hydrogens is 314 g/mol. The molecule has 0 radical (unpaired) electrons. The fourth-order valence-corrected chi connectivity index (χ4v) is 2.38. The van der Waals surface area contributed by atoms with E-state index in [1.807, 2.05) is 11.8 Å². The molecule has 10 heteroatoms. The zero-order chi connectivity index (χ0) is 17.1. The predicted octanol–water partition coefficient (Wildman–Crippen LogP) is 0.208. The van der Waals surface area contributed by atoms with Gasteiger partial charge in [0.2, 0.25) is 5.89 Å². The largest absolute Gasteiger partial charge is 0.377 e. The summed E-state index contributed by atoms with van der Waals surface area (Å²) in [6, 6.07) is 0. The maximum Gasteiger partial charge on any atom is 0.262 e. The van der Waals surface area contributed by atoms with Gasteiger partial charge in [0.25, 0.3) is 5.56 Å². The topological polar surface area (TPSA) is 115 Å². The van der Waals surface area contributed by atoms with Crippen molar-refractivity contribution in [1.29, 1.82) is 0 Å². The molecule has 24 heavy (non-hydrogen) atoms. The number of nitrogens with one attached hydrogen (secondary N) is 1. The molecule has 0 atom stereocenters. The van der Waals surface area contributed by atoms with Crippen LogP contribution in [0, 0.1) is 0 Å². The summed E-state index contributed by atoms with van der Waals surface area (Å²) in [4.78, 5) is 25.6. The van der Waals surface area contributed by atoms with E-state index in [-0.39, 0.29) is 5.56 Å². The minimum Gasteiger partial charge on any atom is -0.377 e.